The highest BCUT2D eigenvalue weighted by Gasteiger charge is 2.15. The third-order valence-corrected chi connectivity index (χ3v) is 4.20. The first-order valence-electron chi connectivity index (χ1n) is 8.58. The monoisotopic (exact) mass is 368 g/mol. The lowest BCUT2D eigenvalue weighted by atomic mass is 10.1. The fourth-order valence-electron chi connectivity index (χ4n) is 2.87. The van der Waals surface area contributed by atoms with Crippen LogP contribution in [0.2, 0.25) is 0 Å². The second-order valence-electron chi connectivity index (χ2n) is 6.09. The molecule has 138 valence electrons. The molecule has 2 aromatic carbocycles. The van der Waals surface area contributed by atoms with Crippen LogP contribution in [0.5, 0.6) is 11.5 Å². The fourth-order valence-corrected chi connectivity index (χ4v) is 2.87. The molecule has 7 heteroatoms. The molecule has 1 aliphatic heterocycles. The summed E-state index contributed by atoms with van der Waals surface area (Å²) in [6.45, 7) is 1.01. The predicted octanol–water partition coefficient (Wildman–Crippen LogP) is 3.82. The molecule has 1 aliphatic rings. The van der Waals surface area contributed by atoms with Crippen LogP contribution >= 0.6 is 0 Å². The van der Waals surface area contributed by atoms with Crippen LogP contribution in [0.15, 0.2) is 53.2 Å². The number of hydrogen-bond donors (Lipinski definition) is 1. The van der Waals surface area contributed by atoms with Gasteiger partial charge >= 0.3 is 0 Å². The van der Waals surface area contributed by atoms with E-state index in [4.69, 9.17) is 14.0 Å². The molecule has 4 rings (SSSR count). The Balaban J connectivity index is 1.39. The lowest BCUT2D eigenvalue weighted by Gasteiger charge is -2.19. The zero-order valence-corrected chi connectivity index (χ0v) is 14.4. The number of amides is 1. The highest BCUT2D eigenvalue weighted by atomic mass is 19.1. The SMILES string of the molecule is O=C(CCc1cnoc1-c1ccc(F)cc1)Nc1ccc2c(c1)OCCO2. The Kier molecular flexibility index (Phi) is 4.74. The van der Waals surface area contributed by atoms with E-state index in [0.717, 1.165) is 11.1 Å². The van der Waals surface area contributed by atoms with Gasteiger partial charge in [-0.1, -0.05) is 5.16 Å². The number of halogens is 1. The number of aryl methyl sites for hydroxylation is 1. The van der Waals surface area contributed by atoms with Crippen molar-refractivity contribution in [1.29, 1.82) is 0 Å². The molecule has 0 radical (unpaired) electrons. The number of anilines is 1. The second kappa shape index (κ2) is 7.49. The molecule has 0 aliphatic carbocycles. The Bertz CT molecular complexity index is 953. The molecule has 0 saturated heterocycles. The molecular formula is C20H17FN2O4. The molecule has 3 aromatic rings. The maximum atomic E-state index is 13.1. The standard InChI is InChI=1S/C20H17FN2O4/c21-15-4-1-13(2-5-15)20-14(12-22-27-20)3-8-19(24)23-16-6-7-17-18(11-16)26-10-9-25-17/h1-2,4-7,11-12H,3,8-10H2,(H,23,24). The molecule has 6 nitrogen and oxygen atoms in total. The Morgan fingerprint density at radius 3 is 2.67 bits per heavy atom. The van der Waals surface area contributed by atoms with Gasteiger partial charge < -0.3 is 19.3 Å². The lowest BCUT2D eigenvalue weighted by molar-refractivity contribution is -0.116. The third kappa shape index (κ3) is 3.92. The summed E-state index contributed by atoms with van der Waals surface area (Å²) in [6.07, 6.45) is 2.28. The summed E-state index contributed by atoms with van der Waals surface area (Å²) in [5, 5.41) is 6.65. The van der Waals surface area contributed by atoms with Crippen molar-refractivity contribution in [2.24, 2.45) is 0 Å². The molecule has 0 saturated carbocycles. The van der Waals surface area contributed by atoms with Crippen LogP contribution in [0.4, 0.5) is 10.1 Å². The number of ether oxygens (including phenoxy) is 2. The summed E-state index contributed by atoms with van der Waals surface area (Å²) >= 11 is 0. The summed E-state index contributed by atoms with van der Waals surface area (Å²) in [4.78, 5) is 12.3. The summed E-state index contributed by atoms with van der Waals surface area (Å²) in [7, 11) is 0. The van der Waals surface area contributed by atoms with E-state index in [1.54, 1.807) is 36.5 Å². The van der Waals surface area contributed by atoms with E-state index in [1.165, 1.54) is 12.1 Å². The van der Waals surface area contributed by atoms with Crippen molar-refractivity contribution in [3.8, 4) is 22.8 Å². The normalized spacial score (nSPS) is 12.6. The number of carbonyl (C=O) groups is 1. The minimum absolute atomic E-state index is 0.141. The topological polar surface area (TPSA) is 73.6 Å². The van der Waals surface area contributed by atoms with Crippen molar-refractivity contribution < 1.29 is 23.2 Å². The first-order valence-corrected chi connectivity index (χ1v) is 8.58. The number of hydrogen-bond acceptors (Lipinski definition) is 5. The largest absolute Gasteiger partial charge is 0.486 e. The van der Waals surface area contributed by atoms with Gasteiger partial charge in [-0.15, -0.1) is 0 Å². The van der Waals surface area contributed by atoms with E-state index in [0.29, 0.717) is 42.6 Å². The Morgan fingerprint density at radius 2 is 1.85 bits per heavy atom. The van der Waals surface area contributed by atoms with Gasteiger partial charge in [0.25, 0.3) is 0 Å². The average molecular weight is 368 g/mol. The average Bonchev–Trinajstić information content (AvgIpc) is 3.15. The smallest absolute Gasteiger partial charge is 0.224 e. The van der Waals surface area contributed by atoms with Crippen molar-refractivity contribution >= 4 is 11.6 Å². The van der Waals surface area contributed by atoms with Gasteiger partial charge in [0, 0.05) is 29.3 Å². The summed E-state index contributed by atoms with van der Waals surface area (Å²) < 4.78 is 29.3. The van der Waals surface area contributed by atoms with Crippen LogP contribution in [0.25, 0.3) is 11.3 Å². The Labute approximate surface area is 154 Å². The third-order valence-electron chi connectivity index (χ3n) is 4.20. The highest BCUT2D eigenvalue weighted by molar-refractivity contribution is 5.91. The number of carbonyl (C=O) groups excluding carboxylic acids is 1. The van der Waals surface area contributed by atoms with E-state index >= 15 is 0 Å². The maximum absolute atomic E-state index is 13.1. The summed E-state index contributed by atoms with van der Waals surface area (Å²) in [5.41, 5.74) is 2.16. The molecule has 1 N–H and O–H groups in total. The van der Waals surface area contributed by atoms with Crippen LogP contribution < -0.4 is 14.8 Å². The zero-order valence-electron chi connectivity index (χ0n) is 14.4. The molecule has 0 atom stereocenters. The lowest BCUT2D eigenvalue weighted by Crippen LogP contribution is -2.16. The van der Waals surface area contributed by atoms with Gasteiger partial charge in [0.15, 0.2) is 17.3 Å². The number of fused-ring (bicyclic) bond motifs is 1. The molecule has 0 bridgehead atoms. The fraction of sp³-hybridized carbons (Fsp3) is 0.200. The van der Waals surface area contributed by atoms with Gasteiger partial charge in [0.1, 0.15) is 19.0 Å². The van der Waals surface area contributed by atoms with Crippen LogP contribution in [0.1, 0.15) is 12.0 Å². The molecular weight excluding hydrogens is 351 g/mol. The molecule has 0 fully saturated rings. The Morgan fingerprint density at radius 1 is 1.07 bits per heavy atom. The van der Waals surface area contributed by atoms with Crippen molar-refractivity contribution in [3.05, 3.63) is 60.0 Å². The van der Waals surface area contributed by atoms with Crippen molar-refractivity contribution in [2.75, 3.05) is 18.5 Å². The Hall–Kier alpha value is -3.35. The number of nitrogens with one attached hydrogen (secondary N) is 1. The van der Waals surface area contributed by atoms with Crippen LogP contribution in [-0.2, 0) is 11.2 Å². The van der Waals surface area contributed by atoms with Gasteiger partial charge in [-0.05, 0) is 42.8 Å². The van der Waals surface area contributed by atoms with Crippen LogP contribution in [-0.4, -0.2) is 24.3 Å². The number of benzene rings is 2. The number of aromatic nitrogens is 1. The molecule has 0 spiro atoms. The quantitative estimate of drug-likeness (QED) is 0.741. The maximum Gasteiger partial charge on any atom is 0.224 e. The van der Waals surface area contributed by atoms with Crippen molar-refractivity contribution in [1.82, 2.24) is 5.16 Å². The van der Waals surface area contributed by atoms with Gasteiger partial charge in [0.2, 0.25) is 5.91 Å². The van der Waals surface area contributed by atoms with Crippen molar-refractivity contribution in [2.45, 2.75) is 12.8 Å². The van der Waals surface area contributed by atoms with Gasteiger partial charge in [-0.3, -0.25) is 4.79 Å². The van der Waals surface area contributed by atoms with Gasteiger partial charge in [-0.2, -0.15) is 0 Å². The minimum Gasteiger partial charge on any atom is -0.486 e. The predicted molar refractivity (Wildman–Crippen MR) is 96.3 cm³/mol. The number of nitrogens with zero attached hydrogens (tertiary/aromatic N) is 1. The van der Waals surface area contributed by atoms with Gasteiger partial charge in [0.05, 0.1) is 6.20 Å². The van der Waals surface area contributed by atoms with E-state index in [9.17, 15) is 9.18 Å². The van der Waals surface area contributed by atoms with E-state index in [-0.39, 0.29) is 18.1 Å². The summed E-state index contributed by atoms with van der Waals surface area (Å²) in [5.74, 6) is 1.38. The molecule has 2 heterocycles. The van der Waals surface area contributed by atoms with Crippen LogP contribution in [0, 0.1) is 5.82 Å². The van der Waals surface area contributed by atoms with Crippen molar-refractivity contribution in [3.63, 3.8) is 0 Å². The van der Waals surface area contributed by atoms with E-state index in [2.05, 4.69) is 10.5 Å². The first kappa shape index (κ1) is 17.1. The zero-order chi connectivity index (χ0) is 18.6. The first-order chi connectivity index (χ1) is 13.2. The van der Waals surface area contributed by atoms with Crippen LogP contribution in [0.3, 0.4) is 0 Å². The molecule has 1 aromatic heterocycles. The van der Waals surface area contributed by atoms with Gasteiger partial charge in [-0.25, -0.2) is 4.39 Å². The minimum atomic E-state index is -0.321. The van der Waals surface area contributed by atoms with E-state index < -0.39 is 0 Å². The summed E-state index contributed by atoms with van der Waals surface area (Å²) in [6, 6.07) is 11.2. The molecule has 1 amide bonds. The number of rotatable bonds is 5. The molecule has 27 heavy (non-hydrogen) atoms. The highest BCUT2D eigenvalue weighted by Crippen LogP contribution is 2.32. The second-order valence-corrected chi connectivity index (χ2v) is 6.09. The van der Waals surface area contributed by atoms with E-state index in [1.807, 2.05) is 0 Å². The molecule has 0 unspecified atom stereocenters.